The Bertz CT molecular complexity index is 1170. The Kier molecular flexibility index (Phi) is 7.33. The monoisotopic (exact) mass is 458 g/mol. The fourth-order valence-electron chi connectivity index (χ4n) is 3.06. The second-order valence-electron chi connectivity index (χ2n) is 6.97. The first kappa shape index (κ1) is 22.8. The van der Waals surface area contributed by atoms with Gasteiger partial charge in [0.05, 0.1) is 24.2 Å². The van der Waals surface area contributed by atoms with E-state index in [4.69, 9.17) is 16.3 Å². The summed E-state index contributed by atoms with van der Waals surface area (Å²) in [5.74, 6) is 0.0108. The number of benzene rings is 3. The molecule has 0 heterocycles. The standard InChI is InChI=1S/C23H23ClN2O4S/c1-17-11-12-22(30-2)21(13-17)25-23(27)16-26(15-18-7-4-3-5-8-18)31(28,29)20-10-6-9-19(24)14-20/h3-14H,15-16H2,1-2H3,(H,25,27). The number of hydrogen-bond donors (Lipinski definition) is 1. The summed E-state index contributed by atoms with van der Waals surface area (Å²) in [5, 5.41) is 3.06. The summed E-state index contributed by atoms with van der Waals surface area (Å²) < 4.78 is 33.1. The number of hydrogen-bond acceptors (Lipinski definition) is 4. The van der Waals surface area contributed by atoms with Gasteiger partial charge in [-0.15, -0.1) is 0 Å². The molecule has 0 saturated heterocycles. The summed E-state index contributed by atoms with van der Waals surface area (Å²) in [6, 6.07) is 20.5. The molecule has 0 saturated carbocycles. The number of halogens is 1. The van der Waals surface area contributed by atoms with Crippen molar-refractivity contribution in [1.29, 1.82) is 0 Å². The Labute approximate surface area is 187 Å². The molecule has 8 heteroatoms. The van der Waals surface area contributed by atoms with E-state index in [2.05, 4.69) is 5.32 Å². The van der Waals surface area contributed by atoms with Crippen molar-refractivity contribution in [3.8, 4) is 5.75 Å². The summed E-state index contributed by atoms with van der Waals surface area (Å²) in [6.07, 6.45) is 0. The number of aryl methyl sites for hydroxylation is 1. The molecule has 1 N–H and O–H groups in total. The molecule has 0 aliphatic rings. The number of carbonyl (C=O) groups is 1. The van der Waals surface area contributed by atoms with Crippen molar-refractivity contribution >= 4 is 33.2 Å². The first-order chi connectivity index (χ1) is 14.8. The molecule has 3 rings (SSSR count). The van der Waals surface area contributed by atoms with Crippen molar-refractivity contribution in [2.45, 2.75) is 18.4 Å². The molecule has 0 aliphatic carbocycles. The molecule has 3 aromatic carbocycles. The maximum atomic E-state index is 13.3. The van der Waals surface area contributed by atoms with E-state index >= 15 is 0 Å². The number of nitrogens with one attached hydrogen (secondary N) is 1. The number of nitrogens with zero attached hydrogens (tertiary/aromatic N) is 1. The van der Waals surface area contributed by atoms with Crippen LogP contribution in [0.1, 0.15) is 11.1 Å². The van der Waals surface area contributed by atoms with Gasteiger partial charge in [0.15, 0.2) is 0 Å². The number of sulfonamides is 1. The number of ether oxygens (including phenoxy) is 1. The van der Waals surface area contributed by atoms with Crippen LogP contribution in [0.4, 0.5) is 5.69 Å². The van der Waals surface area contributed by atoms with E-state index in [9.17, 15) is 13.2 Å². The van der Waals surface area contributed by atoms with Crippen LogP contribution in [0.25, 0.3) is 0 Å². The molecule has 0 fully saturated rings. The molecule has 1 amide bonds. The molecular formula is C23H23ClN2O4S. The Morgan fingerprint density at radius 3 is 2.45 bits per heavy atom. The Morgan fingerprint density at radius 2 is 1.77 bits per heavy atom. The highest BCUT2D eigenvalue weighted by atomic mass is 35.5. The minimum atomic E-state index is -3.98. The zero-order valence-corrected chi connectivity index (χ0v) is 18.8. The third-order valence-corrected chi connectivity index (χ3v) is 6.61. The molecular weight excluding hydrogens is 436 g/mol. The largest absolute Gasteiger partial charge is 0.495 e. The van der Waals surface area contributed by atoms with Crippen LogP contribution in [0.3, 0.4) is 0 Å². The van der Waals surface area contributed by atoms with Crippen LogP contribution < -0.4 is 10.1 Å². The molecule has 3 aromatic rings. The van der Waals surface area contributed by atoms with Crippen molar-refractivity contribution in [2.24, 2.45) is 0 Å². The average Bonchev–Trinajstić information content (AvgIpc) is 2.74. The first-order valence-corrected chi connectivity index (χ1v) is 11.4. The van der Waals surface area contributed by atoms with Gasteiger partial charge in [0, 0.05) is 11.6 Å². The number of anilines is 1. The van der Waals surface area contributed by atoms with Gasteiger partial charge in [0.1, 0.15) is 5.75 Å². The zero-order chi connectivity index (χ0) is 22.4. The molecule has 0 aromatic heterocycles. The van der Waals surface area contributed by atoms with Gasteiger partial charge in [-0.3, -0.25) is 4.79 Å². The van der Waals surface area contributed by atoms with E-state index in [1.165, 1.54) is 19.2 Å². The topological polar surface area (TPSA) is 75.7 Å². The predicted octanol–water partition coefficient (Wildman–Crippen LogP) is 4.49. The van der Waals surface area contributed by atoms with Crippen LogP contribution in [-0.4, -0.2) is 32.3 Å². The first-order valence-electron chi connectivity index (χ1n) is 9.54. The summed E-state index contributed by atoms with van der Waals surface area (Å²) in [4.78, 5) is 12.9. The minimum Gasteiger partial charge on any atom is -0.495 e. The van der Waals surface area contributed by atoms with Crippen LogP contribution in [0.2, 0.25) is 5.02 Å². The molecule has 0 spiro atoms. The summed E-state index contributed by atoms with van der Waals surface area (Å²) in [6.45, 7) is 1.55. The van der Waals surface area contributed by atoms with Gasteiger partial charge in [-0.2, -0.15) is 4.31 Å². The fraction of sp³-hybridized carbons (Fsp3) is 0.174. The van der Waals surface area contributed by atoms with Crippen LogP contribution in [0.5, 0.6) is 5.75 Å². The van der Waals surface area contributed by atoms with Gasteiger partial charge in [-0.25, -0.2) is 8.42 Å². The zero-order valence-electron chi connectivity index (χ0n) is 17.2. The molecule has 0 bridgehead atoms. The van der Waals surface area contributed by atoms with Crippen LogP contribution in [0, 0.1) is 6.92 Å². The lowest BCUT2D eigenvalue weighted by molar-refractivity contribution is -0.116. The van der Waals surface area contributed by atoms with E-state index in [1.807, 2.05) is 43.3 Å². The second-order valence-corrected chi connectivity index (χ2v) is 9.34. The fourth-order valence-corrected chi connectivity index (χ4v) is 4.74. The number of methoxy groups -OCH3 is 1. The number of rotatable bonds is 8. The van der Waals surface area contributed by atoms with E-state index in [-0.39, 0.29) is 18.0 Å². The van der Waals surface area contributed by atoms with E-state index < -0.39 is 15.9 Å². The lowest BCUT2D eigenvalue weighted by atomic mass is 10.2. The van der Waals surface area contributed by atoms with Crippen LogP contribution in [-0.2, 0) is 21.4 Å². The SMILES string of the molecule is COc1ccc(C)cc1NC(=O)CN(Cc1ccccc1)S(=O)(=O)c1cccc(Cl)c1. The minimum absolute atomic E-state index is 0.0249. The maximum absolute atomic E-state index is 13.3. The smallest absolute Gasteiger partial charge is 0.243 e. The van der Waals surface area contributed by atoms with E-state index in [0.29, 0.717) is 16.5 Å². The quantitative estimate of drug-likeness (QED) is 0.539. The molecule has 0 atom stereocenters. The lowest BCUT2D eigenvalue weighted by Crippen LogP contribution is -2.37. The van der Waals surface area contributed by atoms with Crippen molar-refractivity contribution in [3.63, 3.8) is 0 Å². The summed E-state index contributed by atoms with van der Waals surface area (Å²) >= 11 is 6.00. The van der Waals surface area contributed by atoms with Gasteiger partial charge >= 0.3 is 0 Å². The van der Waals surface area contributed by atoms with Crippen molar-refractivity contribution in [3.05, 3.63) is 88.9 Å². The Balaban J connectivity index is 1.90. The average molecular weight is 459 g/mol. The number of amides is 1. The third-order valence-electron chi connectivity index (χ3n) is 4.58. The molecule has 162 valence electrons. The van der Waals surface area contributed by atoms with Gasteiger partial charge in [-0.05, 0) is 48.4 Å². The van der Waals surface area contributed by atoms with Gasteiger partial charge in [0.25, 0.3) is 0 Å². The predicted molar refractivity (Wildman–Crippen MR) is 122 cm³/mol. The Hall–Kier alpha value is -2.87. The Morgan fingerprint density at radius 1 is 1.03 bits per heavy atom. The van der Waals surface area contributed by atoms with E-state index in [1.54, 1.807) is 24.3 Å². The van der Waals surface area contributed by atoms with Gasteiger partial charge in [-0.1, -0.05) is 54.1 Å². The van der Waals surface area contributed by atoms with Crippen molar-refractivity contribution in [2.75, 3.05) is 19.0 Å². The molecule has 0 aliphatic heterocycles. The molecule has 0 radical (unpaired) electrons. The second kappa shape index (κ2) is 9.96. The van der Waals surface area contributed by atoms with Crippen molar-refractivity contribution in [1.82, 2.24) is 4.31 Å². The highest BCUT2D eigenvalue weighted by Crippen LogP contribution is 2.26. The maximum Gasteiger partial charge on any atom is 0.243 e. The van der Waals surface area contributed by atoms with E-state index in [0.717, 1.165) is 15.4 Å². The highest BCUT2D eigenvalue weighted by Gasteiger charge is 2.27. The van der Waals surface area contributed by atoms with Gasteiger partial charge < -0.3 is 10.1 Å². The van der Waals surface area contributed by atoms with Crippen molar-refractivity contribution < 1.29 is 17.9 Å². The third kappa shape index (κ3) is 5.85. The molecule has 31 heavy (non-hydrogen) atoms. The normalized spacial score (nSPS) is 11.4. The molecule has 6 nitrogen and oxygen atoms in total. The van der Waals surface area contributed by atoms with Crippen LogP contribution >= 0.6 is 11.6 Å². The van der Waals surface area contributed by atoms with Crippen LogP contribution in [0.15, 0.2) is 77.7 Å². The highest BCUT2D eigenvalue weighted by molar-refractivity contribution is 7.89. The molecule has 0 unspecified atom stereocenters. The summed E-state index contributed by atoms with van der Waals surface area (Å²) in [7, 11) is -2.47. The number of carbonyl (C=O) groups excluding carboxylic acids is 1. The lowest BCUT2D eigenvalue weighted by Gasteiger charge is -2.22. The van der Waals surface area contributed by atoms with Gasteiger partial charge in [0.2, 0.25) is 15.9 Å². The summed E-state index contributed by atoms with van der Waals surface area (Å²) in [5.41, 5.74) is 2.17.